The van der Waals surface area contributed by atoms with Gasteiger partial charge >= 0.3 is 0 Å². The second-order valence-corrected chi connectivity index (χ2v) is 8.28. The van der Waals surface area contributed by atoms with Crippen LogP contribution < -0.4 is 5.32 Å². The number of hydrogen-bond donors (Lipinski definition) is 1. The lowest BCUT2D eigenvalue weighted by molar-refractivity contribution is -0.135. The van der Waals surface area contributed by atoms with Crippen molar-refractivity contribution in [3.63, 3.8) is 0 Å². The largest absolute Gasteiger partial charge is 0.378 e. The number of para-hydroxylation sites is 1. The molecule has 1 aliphatic rings. The van der Waals surface area contributed by atoms with Gasteiger partial charge in [-0.1, -0.05) is 34.1 Å². The van der Waals surface area contributed by atoms with Crippen LogP contribution in [0.5, 0.6) is 0 Å². The number of fused-ring (bicyclic) bond motifs is 1. The molecular formula is C23H22BrN3O4. The van der Waals surface area contributed by atoms with Crippen LogP contribution in [0.4, 0.5) is 5.69 Å². The van der Waals surface area contributed by atoms with E-state index >= 15 is 0 Å². The van der Waals surface area contributed by atoms with E-state index in [1.807, 2.05) is 31.2 Å². The first-order valence-corrected chi connectivity index (χ1v) is 10.8. The molecule has 1 fully saturated rings. The van der Waals surface area contributed by atoms with Gasteiger partial charge in [-0.15, -0.1) is 0 Å². The maximum atomic E-state index is 13.0. The fourth-order valence-corrected chi connectivity index (χ4v) is 3.90. The third-order valence-electron chi connectivity index (χ3n) is 5.32. The van der Waals surface area contributed by atoms with Gasteiger partial charge in [0.2, 0.25) is 5.91 Å². The lowest BCUT2D eigenvalue weighted by atomic mass is 10.1. The molecule has 0 aliphatic carbocycles. The molecule has 0 unspecified atom stereocenters. The zero-order valence-corrected chi connectivity index (χ0v) is 18.6. The number of halogens is 1. The van der Waals surface area contributed by atoms with Gasteiger partial charge in [0.15, 0.2) is 0 Å². The summed E-state index contributed by atoms with van der Waals surface area (Å²) in [6, 6.07) is 12.6. The first-order valence-electron chi connectivity index (χ1n) is 9.99. The van der Waals surface area contributed by atoms with Crippen LogP contribution in [0.3, 0.4) is 0 Å². The second-order valence-electron chi connectivity index (χ2n) is 7.43. The molecule has 31 heavy (non-hydrogen) atoms. The van der Waals surface area contributed by atoms with Gasteiger partial charge < -0.3 is 19.5 Å². The van der Waals surface area contributed by atoms with Crippen LogP contribution >= 0.6 is 15.9 Å². The van der Waals surface area contributed by atoms with E-state index in [1.165, 1.54) is 0 Å². The highest BCUT2D eigenvalue weighted by Gasteiger charge is 2.24. The topological polar surface area (TPSA) is 80.6 Å². The van der Waals surface area contributed by atoms with Gasteiger partial charge in [-0.2, -0.15) is 0 Å². The lowest BCUT2D eigenvalue weighted by Crippen LogP contribution is -2.42. The number of carbonyl (C=O) groups is 3. The summed E-state index contributed by atoms with van der Waals surface area (Å²) in [6.07, 6.45) is 1.59. The number of amides is 2. The molecule has 1 aromatic heterocycles. The van der Waals surface area contributed by atoms with Crippen LogP contribution in [0.2, 0.25) is 0 Å². The fraction of sp³-hybridized carbons (Fsp3) is 0.261. The smallest absolute Gasteiger partial charge is 0.296 e. The Bertz CT molecular complexity index is 1160. The summed E-state index contributed by atoms with van der Waals surface area (Å²) >= 11 is 3.42. The molecule has 4 rings (SSSR count). The van der Waals surface area contributed by atoms with E-state index < -0.39 is 11.7 Å². The van der Waals surface area contributed by atoms with Crippen LogP contribution in [0.15, 0.2) is 53.1 Å². The van der Waals surface area contributed by atoms with Crippen molar-refractivity contribution in [3.8, 4) is 0 Å². The molecular weight excluding hydrogens is 462 g/mol. The number of carbonyl (C=O) groups excluding carboxylic acids is 3. The summed E-state index contributed by atoms with van der Waals surface area (Å²) in [4.78, 5) is 40.1. The molecule has 160 valence electrons. The Labute approximate surface area is 188 Å². The van der Waals surface area contributed by atoms with E-state index in [-0.39, 0.29) is 18.0 Å². The number of ketones is 1. The first-order chi connectivity index (χ1) is 14.9. The molecule has 0 saturated carbocycles. The summed E-state index contributed by atoms with van der Waals surface area (Å²) in [6.45, 7) is 4.16. The number of nitrogens with zero attached hydrogens (tertiary/aromatic N) is 2. The number of aromatic nitrogens is 1. The summed E-state index contributed by atoms with van der Waals surface area (Å²) < 4.78 is 7.96. The van der Waals surface area contributed by atoms with E-state index in [2.05, 4.69) is 21.2 Å². The molecule has 2 amide bonds. The van der Waals surface area contributed by atoms with Gasteiger partial charge in [-0.05, 0) is 36.8 Å². The van der Waals surface area contributed by atoms with Crippen molar-refractivity contribution >= 4 is 50.1 Å². The molecule has 0 spiro atoms. The highest BCUT2D eigenvalue weighted by atomic mass is 79.9. The number of aryl methyl sites for hydroxylation is 1. The summed E-state index contributed by atoms with van der Waals surface area (Å²) in [5, 5.41) is 3.31. The highest BCUT2D eigenvalue weighted by Crippen LogP contribution is 2.24. The molecule has 1 aliphatic heterocycles. The molecule has 2 heterocycles. The maximum absolute atomic E-state index is 13.0. The normalized spacial score (nSPS) is 13.9. The van der Waals surface area contributed by atoms with Crippen LogP contribution in [0, 0.1) is 6.92 Å². The summed E-state index contributed by atoms with van der Waals surface area (Å²) in [5.41, 5.74) is 2.50. The Hall–Kier alpha value is -2.97. The van der Waals surface area contributed by atoms with E-state index in [9.17, 15) is 14.4 Å². The van der Waals surface area contributed by atoms with E-state index in [4.69, 9.17) is 4.74 Å². The van der Waals surface area contributed by atoms with Crippen LogP contribution in [0.25, 0.3) is 10.9 Å². The minimum atomic E-state index is -0.718. The van der Waals surface area contributed by atoms with Crippen LogP contribution in [-0.2, 0) is 20.9 Å². The molecule has 3 aromatic rings. The van der Waals surface area contributed by atoms with E-state index in [1.54, 1.807) is 33.9 Å². The van der Waals surface area contributed by atoms with Crippen molar-refractivity contribution in [2.75, 3.05) is 31.6 Å². The Morgan fingerprint density at radius 2 is 1.84 bits per heavy atom. The molecule has 0 atom stereocenters. The van der Waals surface area contributed by atoms with E-state index in [0.29, 0.717) is 37.4 Å². The number of benzene rings is 2. The SMILES string of the molecule is Cc1cc(NC(=O)C(=O)c2cn(CC(=O)N3CCOCC3)c3ccccc23)ccc1Br. The van der Waals surface area contributed by atoms with Gasteiger partial charge in [-0.25, -0.2) is 0 Å². The standard InChI is InChI=1S/C23H22BrN3O4/c1-15-12-16(6-7-19(15)24)25-23(30)22(29)18-13-27(20-5-3-2-4-17(18)20)14-21(28)26-8-10-31-11-9-26/h2-7,12-13H,8-11,14H2,1H3,(H,25,30). The van der Waals surface area contributed by atoms with E-state index in [0.717, 1.165) is 15.6 Å². The van der Waals surface area contributed by atoms with Crippen molar-refractivity contribution in [1.82, 2.24) is 9.47 Å². The number of ether oxygens (including phenoxy) is 1. The van der Waals surface area contributed by atoms with Gasteiger partial charge in [0.05, 0.1) is 18.8 Å². The summed E-state index contributed by atoms with van der Waals surface area (Å²) in [7, 11) is 0. The number of Topliss-reactive ketones (excluding diaryl/α,β-unsaturated/α-hetero) is 1. The van der Waals surface area contributed by atoms with Gasteiger partial charge in [-0.3, -0.25) is 14.4 Å². The first kappa shape index (κ1) is 21.3. The van der Waals surface area contributed by atoms with Gasteiger partial charge in [0.25, 0.3) is 11.7 Å². The fourth-order valence-electron chi connectivity index (χ4n) is 3.65. The van der Waals surface area contributed by atoms with Crippen LogP contribution in [0.1, 0.15) is 15.9 Å². The van der Waals surface area contributed by atoms with Crippen LogP contribution in [-0.4, -0.2) is 53.4 Å². The summed E-state index contributed by atoms with van der Waals surface area (Å²) in [5.74, 6) is -1.41. The van der Waals surface area contributed by atoms with Gasteiger partial charge in [0, 0.05) is 40.3 Å². The lowest BCUT2D eigenvalue weighted by Gasteiger charge is -2.27. The molecule has 1 N–H and O–H groups in total. The number of hydrogen-bond acceptors (Lipinski definition) is 4. The predicted molar refractivity (Wildman–Crippen MR) is 121 cm³/mol. The van der Waals surface area contributed by atoms with Crippen molar-refractivity contribution in [2.24, 2.45) is 0 Å². The minimum absolute atomic E-state index is 0.0437. The quantitative estimate of drug-likeness (QED) is 0.445. The van der Waals surface area contributed by atoms with Gasteiger partial charge in [0.1, 0.15) is 6.54 Å². The van der Waals surface area contributed by atoms with Crippen molar-refractivity contribution < 1.29 is 19.1 Å². The number of nitrogens with one attached hydrogen (secondary N) is 1. The zero-order valence-electron chi connectivity index (χ0n) is 17.1. The minimum Gasteiger partial charge on any atom is -0.378 e. The molecule has 1 saturated heterocycles. The molecule has 0 bridgehead atoms. The Balaban J connectivity index is 1.58. The predicted octanol–water partition coefficient (Wildman–Crippen LogP) is 3.39. The number of morpholine rings is 1. The van der Waals surface area contributed by atoms with Crippen molar-refractivity contribution in [1.29, 1.82) is 0 Å². The average molecular weight is 484 g/mol. The zero-order chi connectivity index (χ0) is 22.0. The third-order valence-corrected chi connectivity index (χ3v) is 6.21. The molecule has 0 radical (unpaired) electrons. The Morgan fingerprint density at radius 3 is 2.58 bits per heavy atom. The second kappa shape index (κ2) is 9.03. The maximum Gasteiger partial charge on any atom is 0.296 e. The Kier molecular flexibility index (Phi) is 6.20. The molecule has 2 aromatic carbocycles. The number of anilines is 1. The van der Waals surface area contributed by atoms with Crippen molar-refractivity contribution in [2.45, 2.75) is 13.5 Å². The third kappa shape index (κ3) is 4.55. The molecule has 8 heteroatoms. The highest BCUT2D eigenvalue weighted by molar-refractivity contribution is 9.10. The Morgan fingerprint density at radius 1 is 1.10 bits per heavy atom. The average Bonchev–Trinajstić information content (AvgIpc) is 3.14. The molecule has 7 nitrogen and oxygen atoms in total. The monoisotopic (exact) mass is 483 g/mol. The van der Waals surface area contributed by atoms with Crippen molar-refractivity contribution in [3.05, 3.63) is 64.3 Å². The number of rotatable bonds is 5.